The second-order valence-corrected chi connectivity index (χ2v) is 5.21. The Hall–Kier alpha value is -2.08. The summed E-state index contributed by atoms with van der Waals surface area (Å²) in [6.45, 7) is 3.13. The molecule has 0 spiro atoms. The molecule has 0 saturated carbocycles. The molecule has 0 fully saturated rings. The molecule has 0 aromatic heterocycles. The summed E-state index contributed by atoms with van der Waals surface area (Å²) in [4.78, 5) is 10.3. The number of halogens is 1. The number of nitro groups is 1. The van der Waals surface area contributed by atoms with Crippen molar-refractivity contribution in [1.29, 1.82) is 0 Å². The molecule has 2 aromatic rings. The van der Waals surface area contributed by atoms with Gasteiger partial charge in [-0.05, 0) is 46.6 Å². The van der Waals surface area contributed by atoms with E-state index in [1.54, 1.807) is 12.1 Å². The van der Waals surface area contributed by atoms with E-state index in [9.17, 15) is 10.1 Å². The van der Waals surface area contributed by atoms with Gasteiger partial charge in [0.05, 0.1) is 16.0 Å². The van der Waals surface area contributed by atoms with Gasteiger partial charge in [0.15, 0.2) is 0 Å². The van der Waals surface area contributed by atoms with Gasteiger partial charge in [-0.3, -0.25) is 10.1 Å². The number of rotatable bonds is 6. The van der Waals surface area contributed by atoms with Crippen LogP contribution in [0.3, 0.4) is 0 Å². The summed E-state index contributed by atoms with van der Waals surface area (Å²) < 4.78 is 6.35. The van der Waals surface area contributed by atoms with E-state index < -0.39 is 4.92 Å². The number of nitro benzene ring substituents is 1. The van der Waals surface area contributed by atoms with Gasteiger partial charge in [0, 0.05) is 24.4 Å². The average Bonchev–Trinajstić information content (AvgIpc) is 2.48. The topological polar surface area (TPSA) is 64.4 Å². The van der Waals surface area contributed by atoms with Gasteiger partial charge in [-0.1, -0.05) is 12.1 Å². The molecule has 0 unspecified atom stereocenters. The molecule has 0 radical (unpaired) electrons. The first-order chi connectivity index (χ1) is 10.1. The number of nitrogens with zero attached hydrogens (tertiary/aromatic N) is 1. The second kappa shape index (κ2) is 7.08. The van der Waals surface area contributed by atoms with Crippen LogP contribution in [-0.2, 0) is 6.54 Å². The molecular formula is C15H15BrN2O3. The van der Waals surface area contributed by atoms with Crippen LogP contribution in [0, 0.1) is 10.1 Å². The van der Waals surface area contributed by atoms with Crippen molar-refractivity contribution in [3.8, 4) is 5.75 Å². The third-order valence-electron chi connectivity index (χ3n) is 2.85. The molecule has 0 atom stereocenters. The fourth-order valence-corrected chi connectivity index (χ4v) is 2.40. The summed E-state index contributed by atoms with van der Waals surface area (Å²) in [6, 6.07) is 12.3. The Kier molecular flexibility index (Phi) is 5.16. The molecule has 110 valence electrons. The molecule has 0 heterocycles. The molecule has 0 aliphatic heterocycles. The Morgan fingerprint density at radius 2 is 2.10 bits per heavy atom. The summed E-state index contributed by atoms with van der Waals surface area (Å²) in [7, 11) is 0. The quantitative estimate of drug-likeness (QED) is 0.620. The van der Waals surface area contributed by atoms with E-state index in [1.165, 1.54) is 12.1 Å². The maximum absolute atomic E-state index is 10.7. The van der Waals surface area contributed by atoms with Crippen molar-refractivity contribution in [2.45, 2.75) is 13.5 Å². The van der Waals surface area contributed by atoms with Gasteiger partial charge in [-0.25, -0.2) is 0 Å². The molecule has 6 heteroatoms. The zero-order chi connectivity index (χ0) is 15.2. The normalized spacial score (nSPS) is 10.2. The van der Waals surface area contributed by atoms with E-state index in [2.05, 4.69) is 21.2 Å². The zero-order valence-corrected chi connectivity index (χ0v) is 13.1. The van der Waals surface area contributed by atoms with Gasteiger partial charge < -0.3 is 10.1 Å². The molecular weight excluding hydrogens is 336 g/mol. The van der Waals surface area contributed by atoms with E-state index in [-0.39, 0.29) is 5.69 Å². The third kappa shape index (κ3) is 4.19. The highest BCUT2D eigenvalue weighted by atomic mass is 79.9. The van der Waals surface area contributed by atoms with Crippen LogP contribution >= 0.6 is 15.9 Å². The minimum atomic E-state index is -0.404. The standard InChI is InChI=1S/C15H15BrN2O3/c1-2-21-15-7-6-11(8-14(15)16)10-17-12-4-3-5-13(9-12)18(19)20/h3-9,17H,2,10H2,1H3. The molecule has 0 amide bonds. The van der Waals surface area contributed by atoms with Gasteiger partial charge in [0.25, 0.3) is 5.69 Å². The van der Waals surface area contributed by atoms with Crippen molar-refractivity contribution in [2.75, 3.05) is 11.9 Å². The first kappa shape index (κ1) is 15.3. The van der Waals surface area contributed by atoms with Crippen LogP contribution in [0.15, 0.2) is 46.9 Å². The SMILES string of the molecule is CCOc1ccc(CNc2cccc([N+](=O)[O-])c2)cc1Br. The lowest BCUT2D eigenvalue weighted by atomic mass is 10.2. The highest BCUT2D eigenvalue weighted by molar-refractivity contribution is 9.10. The summed E-state index contributed by atoms with van der Waals surface area (Å²) >= 11 is 3.46. The number of benzene rings is 2. The number of nitrogens with one attached hydrogen (secondary N) is 1. The number of hydrogen-bond acceptors (Lipinski definition) is 4. The molecule has 5 nitrogen and oxygen atoms in total. The molecule has 0 saturated heterocycles. The van der Waals surface area contributed by atoms with Crippen molar-refractivity contribution in [3.63, 3.8) is 0 Å². The van der Waals surface area contributed by atoms with Crippen molar-refractivity contribution in [1.82, 2.24) is 0 Å². The Labute approximate surface area is 131 Å². The minimum Gasteiger partial charge on any atom is -0.493 e. The third-order valence-corrected chi connectivity index (χ3v) is 3.47. The maximum atomic E-state index is 10.7. The minimum absolute atomic E-state index is 0.0767. The van der Waals surface area contributed by atoms with Gasteiger partial charge in [-0.2, -0.15) is 0 Å². The largest absolute Gasteiger partial charge is 0.493 e. The molecule has 0 aliphatic rings. The predicted molar refractivity (Wildman–Crippen MR) is 85.7 cm³/mol. The fraction of sp³-hybridized carbons (Fsp3) is 0.200. The van der Waals surface area contributed by atoms with Crippen LogP contribution in [0.25, 0.3) is 0 Å². The van der Waals surface area contributed by atoms with Gasteiger partial charge in [0.2, 0.25) is 0 Å². The summed E-state index contributed by atoms with van der Waals surface area (Å²) in [6.07, 6.45) is 0. The van der Waals surface area contributed by atoms with Crippen molar-refractivity contribution >= 4 is 27.3 Å². The lowest BCUT2D eigenvalue weighted by Crippen LogP contribution is -2.01. The smallest absolute Gasteiger partial charge is 0.271 e. The number of anilines is 1. The van der Waals surface area contributed by atoms with E-state index >= 15 is 0 Å². The molecule has 2 rings (SSSR count). The summed E-state index contributed by atoms with van der Waals surface area (Å²) in [5.74, 6) is 0.802. The molecule has 0 bridgehead atoms. The highest BCUT2D eigenvalue weighted by Crippen LogP contribution is 2.26. The number of non-ortho nitro benzene ring substituents is 1. The Morgan fingerprint density at radius 1 is 1.29 bits per heavy atom. The van der Waals surface area contributed by atoms with Crippen molar-refractivity contribution in [3.05, 3.63) is 62.6 Å². The van der Waals surface area contributed by atoms with E-state index in [1.807, 2.05) is 25.1 Å². The Bertz CT molecular complexity index is 647. The summed E-state index contributed by atoms with van der Waals surface area (Å²) in [5, 5.41) is 13.9. The average molecular weight is 351 g/mol. The van der Waals surface area contributed by atoms with E-state index in [4.69, 9.17) is 4.74 Å². The Balaban J connectivity index is 2.04. The lowest BCUT2D eigenvalue weighted by Gasteiger charge is -2.09. The molecule has 2 aromatic carbocycles. The fourth-order valence-electron chi connectivity index (χ4n) is 1.86. The van der Waals surface area contributed by atoms with E-state index in [0.29, 0.717) is 18.8 Å². The van der Waals surface area contributed by atoms with Crippen LogP contribution < -0.4 is 10.1 Å². The van der Waals surface area contributed by atoms with Crippen molar-refractivity contribution in [2.24, 2.45) is 0 Å². The molecule has 21 heavy (non-hydrogen) atoms. The first-order valence-electron chi connectivity index (χ1n) is 6.49. The van der Waals surface area contributed by atoms with Gasteiger partial charge in [0.1, 0.15) is 5.75 Å². The highest BCUT2D eigenvalue weighted by Gasteiger charge is 2.06. The monoisotopic (exact) mass is 350 g/mol. The van der Waals surface area contributed by atoms with Crippen LogP contribution in [-0.4, -0.2) is 11.5 Å². The summed E-state index contributed by atoms with van der Waals surface area (Å²) in [5.41, 5.74) is 1.85. The van der Waals surface area contributed by atoms with Crippen molar-refractivity contribution < 1.29 is 9.66 Å². The molecule has 0 aliphatic carbocycles. The van der Waals surface area contributed by atoms with Crippen LogP contribution in [0.4, 0.5) is 11.4 Å². The van der Waals surface area contributed by atoms with E-state index in [0.717, 1.165) is 15.8 Å². The predicted octanol–water partition coefficient (Wildman–Crippen LogP) is 4.37. The van der Waals surface area contributed by atoms with Crippen LogP contribution in [0.1, 0.15) is 12.5 Å². The van der Waals surface area contributed by atoms with Gasteiger partial charge in [-0.15, -0.1) is 0 Å². The Morgan fingerprint density at radius 3 is 2.76 bits per heavy atom. The first-order valence-corrected chi connectivity index (χ1v) is 7.29. The lowest BCUT2D eigenvalue weighted by molar-refractivity contribution is -0.384. The number of ether oxygens (including phenoxy) is 1. The molecule has 1 N–H and O–H groups in total. The van der Waals surface area contributed by atoms with Crippen LogP contribution in [0.2, 0.25) is 0 Å². The zero-order valence-electron chi connectivity index (χ0n) is 11.5. The maximum Gasteiger partial charge on any atom is 0.271 e. The van der Waals surface area contributed by atoms with Gasteiger partial charge >= 0.3 is 0 Å². The van der Waals surface area contributed by atoms with Crippen LogP contribution in [0.5, 0.6) is 5.75 Å². The number of hydrogen-bond donors (Lipinski definition) is 1. The second-order valence-electron chi connectivity index (χ2n) is 4.36.